The normalized spacial score (nSPS) is 12.8. The lowest BCUT2D eigenvalue weighted by Gasteiger charge is -2.14. The van der Waals surface area contributed by atoms with Crippen molar-refractivity contribution in [2.45, 2.75) is 52.7 Å². The number of esters is 1. The number of rotatable bonds is 6. The molecule has 0 aromatic heterocycles. The maximum atomic E-state index is 11.7. The molecule has 2 N–H and O–H groups in total. The van der Waals surface area contributed by atoms with Crippen LogP contribution >= 0.6 is 0 Å². The molecule has 19 heavy (non-hydrogen) atoms. The van der Waals surface area contributed by atoms with Gasteiger partial charge in [-0.15, -0.1) is 0 Å². The van der Waals surface area contributed by atoms with Crippen LogP contribution in [0.1, 0.15) is 62.5 Å². The van der Waals surface area contributed by atoms with Gasteiger partial charge in [0.1, 0.15) is 0 Å². The van der Waals surface area contributed by atoms with Crippen molar-refractivity contribution in [2.75, 3.05) is 0 Å². The van der Waals surface area contributed by atoms with Crippen molar-refractivity contribution in [3.05, 3.63) is 35.4 Å². The zero-order valence-corrected chi connectivity index (χ0v) is 12.3. The molecular formula is C16H25NO2. The van der Waals surface area contributed by atoms with Gasteiger partial charge < -0.3 is 10.5 Å². The molecule has 0 bridgehead atoms. The Hall–Kier alpha value is -1.35. The molecule has 106 valence electrons. The van der Waals surface area contributed by atoms with Crippen LogP contribution in [0.5, 0.6) is 0 Å². The molecule has 0 amide bonds. The Morgan fingerprint density at radius 3 is 2.16 bits per heavy atom. The van der Waals surface area contributed by atoms with E-state index in [4.69, 9.17) is 10.5 Å². The van der Waals surface area contributed by atoms with Gasteiger partial charge in [-0.2, -0.15) is 0 Å². The van der Waals surface area contributed by atoms with Crippen LogP contribution in [0, 0.1) is 5.92 Å². The highest BCUT2D eigenvalue weighted by Gasteiger charge is 2.11. The van der Waals surface area contributed by atoms with Gasteiger partial charge in [-0.1, -0.05) is 26.0 Å². The monoisotopic (exact) mass is 263 g/mol. The van der Waals surface area contributed by atoms with Crippen molar-refractivity contribution >= 4 is 5.97 Å². The highest BCUT2D eigenvalue weighted by atomic mass is 16.5. The minimum atomic E-state index is -0.280. The fraction of sp³-hybridized carbons (Fsp3) is 0.562. The number of ether oxygens (including phenoxy) is 1. The maximum Gasteiger partial charge on any atom is 0.338 e. The Morgan fingerprint density at radius 2 is 1.68 bits per heavy atom. The minimum absolute atomic E-state index is 0.0394. The first-order valence-electron chi connectivity index (χ1n) is 6.96. The smallest absolute Gasteiger partial charge is 0.338 e. The molecule has 1 aromatic rings. The second-order valence-corrected chi connectivity index (χ2v) is 5.65. The summed E-state index contributed by atoms with van der Waals surface area (Å²) in [5, 5.41) is 0. The van der Waals surface area contributed by atoms with Crippen molar-refractivity contribution in [2.24, 2.45) is 11.7 Å². The maximum absolute atomic E-state index is 11.7. The summed E-state index contributed by atoms with van der Waals surface area (Å²) < 4.78 is 5.15. The van der Waals surface area contributed by atoms with Crippen LogP contribution in [0.25, 0.3) is 0 Å². The number of hydrogen-bond acceptors (Lipinski definition) is 3. The summed E-state index contributed by atoms with van der Waals surface area (Å²) in [5.41, 5.74) is 7.78. The van der Waals surface area contributed by atoms with E-state index in [0.717, 1.165) is 18.4 Å². The third kappa shape index (κ3) is 5.43. The van der Waals surface area contributed by atoms with E-state index in [1.54, 1.807) is 12.1 Å². The zero-order valence-electron chi connectivity index (χ0n) is 12.3. The summed E-state index contributed by atoms with van der Waals surface area (Å²) in [6, 6.07) is 7.45. The third-order valence-corrected chi connectivity index (χ3v) is 2.97. The predicted octanol–water partition coefficient (Wildman–Crippen LogP) is 3.69. The van der Waals surface area contributed by atoms with Crippen LogP contribution in [0.2, 0.25) is 0 Å². The fourth-order valence-corrected chi connectivity index (χ4v) is 1.83. The van der Waals surface area contributed by atoms with E-state index in [1.165, 1.54) is 0 Å². The van der Waals surface area contributed by atoms with Crippen LogP contribution < -0.4 is 5.73 Å². The molecule has 0 saturated heterocycles. The standard InChI is InChI=1S/C16H25NO2/c1-11(2)5-10-15(17)13-6-8-14(9-7-13)16(18)19-12(3)4/h6-9,11-12,15H,5,10,17H2,1-4H3/t15-/m1/s1. The molecule has 3 heteroatoms. The minimum Gasteiger partial charge on any atom is -0.459 e. The Morgan fingerprint density at radius 1 is 1.11 bits per heavy atom. The van der Waals surface area contributed by atoms with Gasteiger partial charge in [-0.25, -0.2) is 4.79 Å². The molecule has 3 nitrogen and oxygen atoms in total. The third-order valence-electron chi connectivity index (χ3n) is 2.97. The average Bonchev–Trinajstić information content (AvgIpc) is 2.35. The van der Waals surface area contributed by atoms with E-state index in [0.29, 0.717) is 11.5 Å². The number of carbonyl (C=O) groups is 1. The molecule has 1 aromatic carbocycles. The molecule has 0 saturated carbocycles. The lowest BCUT2D eigenvalue weighted by atomic mass is 9.97. The van der Waals surface area contributed by atoms with Crippen molar-refractivity contribution in [3.63, 3.8) is 0 Å². The van der Waals surface area contributed by atoms with E-state index >= 15 is 0 Å². The first-order valence-corrected chi connectivity index (χ1v) is 6.96. The summed E-state index contributed by atoms with van der Waals surface area (Å²) in [6.45, 7) is 8.07. The molecule has 0 radical (unpaired) electrons. The summed E-state index contributed by atoms with van der Waals surface area (Å²) in [4.78, 5) is 11.7. The van der Waals surface area contributed by atoms with E-state index in [2.05, 4.69) is 13.8 Å². The van der Waals surface area contributed by atoms with Gasteiger partial charge in [-0.05, 0) is 50.3 Å². The van der Waals surface area contributed by atoms with Crippen LogP contribution in [0.3, 0.4) is 0 Å². The summed E-state index contributed by atoms with van der Waals surface area (Å²) in [5.74, 6) is 0.378. The zero-order chi connectivity index (χ0) is 14.4. The van der Waals surface area contributed by atoms with Gasteiger partial charge >= 0.3 is 5.97 Å². The van der Waals surface area contributed by atoms with Crippen molar-refractivity contribution in [1.82, 2.24) is 0 Å². The van der Waals surface area contributed by atoms with E-state index in [9.17, 15) is 4.79 Å². The number of nitrogens with two attached hydrogens (primary N) is 1. The molecule has 0 aliphatic rings. The molecule has 0 heterocycles. The topological polar surface area (TPSA) is 52.3 Å². The van der Waals surface area contributed by atoms with Crippen LogP contribution in [-0.2, 0) is 4.74 Å². The molecule has 0 aliphatic carbocycles. The molecule has 0 fully saturated rings. The Labute approximate surface area is 116 Å². The SMILES string of the molecule is CC(C)CC[C@@H](N)c1ccc(C(=O)OC(C)C)cc1. The number of benzene rings is 1. The van der Waals surface area contributed by atoms with Crippen LogP contribution in [-0.4, -0.2) is 12.1 Å². The molecule has 1 atom stereocenters. The first kappa shape index (κ1) is 15.7. The summed E-state index contributed by atoms with van der Waals surface area (Å²) in [6.07, 6.45) is 1.98. The second-order valence-electron chi connectivity index (χ2n) is 5.65. The molecular weight excluding hydrogens is 238 g/mol. The van der Waals surface area contributed by atoms with Crippen molar-refractivity contribution < 1.29 is 9.53 Å². The van der Waals surface area contributed by atoms with Crippen molar-refractivity contribution in [3.8, 4) is 0 Å². The Balaban J connectivity index is 2.63. The fourth-order valence-electron chi connectivity index (χ4n) is 1.83. The Kier molecular flexibility index (Phi) is 6.03. The number of hydrogen-bond donors (Lipinski definition) is 1. The second kappa shape index (κ2) is 7.29. The first-order chi connectivity index (χ1) is 8.90. The molecule has 1 rings (SSSR count). The lowest BCUT2D eigenvalue weighted by molar-refractivity contribution is 0.0378. The molecule has 0 unspecified atom stereocenters. The highest BCUT2D eigenvalue weighted by molar-refractivity contribution is 5.89. The van der Waals surface area contributed by atoms with Gasteiger partial charge in [0.2, 0.25) is 0 Å². The van der Waals surface area contributed by atoms with Gasteiger partial charge in [0.05, 0.1) is 11.7 Å². The quantitative estimate of drug-likeness (QED) is 0.796. The lowest BCUT2D eigenvalue weighted by Crippen LogP contribution is -2.13. The average molecular weight is 263 g/mol. The van der Waals surface area contributed by atoms with E-state index in [-0.39, 0.29) is 18.1 Å². The van der Waals surface area contributed by atoms with Crippen molar-refractivity contribution in [1.29, 1.82) is 0 Å². The van der Waals surface area contributed by atoms with Crippen LogP contribution in [0.4, 0.5) is 0 Å². The number of carbonyl (C=O) groups excluding carboxylic acids is 1. The van der Waals surface area contributed by atoms with E-state index in [1.807, 2.05) is 26.0 Å². The molecule has 0 spiro atoms. The van der Waals surface area contributed by atoms with Gasteiger partial charge in [0, 0.05) is 6.04 Å². The van der Waals surface area contributed by atoms with Crippen LogP contribution in [0.15, 0.2) is 24.3 Å². The predicted molar refractivity (Wildman–Crippen MR) is 78.0 cm³/mol. The summed E-state index contributed by atoms with van der Waals surface area (Å²) >= 11 is 0. The Bertz CT molecular complexity index is 396. The largest absolute Gasteiger partial charge is 0.459 e. The summed E-state index contributed by atoms with van der Waals surface area (Å²) in [7, 11) is 0. The van der Waals surface area contributed by atoms with Gasteiger partial charge in [0.25, 0.3) is 0 Å². The van der Waals surface area contributed by atoms with Gasteiger partial charge in [-0.3, -0.25) is 0 Å². The van der Waals surface area contributed by atoms with Gasteiger partial charge in [0.15, 0.2) is 0 Å². The van der Waals surface area contributed by atoms with E-state index < -0.39 is 0 Å². The highest BCUT2D eigenvalue weighted by Crippen LogP contribution is 2.19. The molecule has 0 aliphatic heterocycles.